The van der Waals surface area contributed by atoms with E-state index >= 15 is 0 Å². The van der Waals surface area contributed by atoms with E-state index in [2.05, 4.69) is 5.32 Å². The van der Waals surface area contributed by atoms with Crippen LogP contribution in [0.5, 0.6) is 5.75 Å². The SMILES string of the molecule is COc1ccc2cccc(CC(=O)NC(C)(CC(=O)O)C(C)C)c2c1. The number of methoxy groups -OCH3 is 1. The van der Waals surface area contributed by atoms with Crippen LogP contribution >= 0.6 is 0 Å². The fraction of sp³-hybridized carbons (Fsp3) is 0.400. The summed E-state index contributed by atoms with van der Waals surface area (Å²) in [6, 6.07) is 11.6. The molecule has 0 aliphatic carbocycles. The number of carbonyl (C=O) groups excluding carboxylic acids is 1. The van der Waals surface area contributed by atoms with Gasteiger partial charge in [-0.2, -0.15) is 0 Å². The van der Waals surface area contributed by atoms with Gasteiger partial charge in [-0.15, -0.1) is 0 Å². The Morgan fingerprint density at radius 1 is 1.24 bits per heavy atom. The molecule has 1 atom stereocenters. The van der Waals surface area contributed by atoms with Gasteiger partial charge < -0.3 is 15.2 Å². The lowest BCUT2D eigenvalue weighted by Crippen LogP contribution is -2.51. The predicted octanol–water partition coefficient (Wildman–Crippen LogP) is 3.40. The van der Waals surface area contributed by atoms with Crippen molar-refractivity contribution in [2.75, 3.05) is 7.11 Å². The molecule has 0 radical (unpaired) electrons. The summed E-state index contributed by atoms with van der Waals surface area (Å²) in [4.78, 5) is 23.7. The maximum absolute atomic E-state index is 12.6. The highest BCUT2D eigenvalue weighted by molar-refractivity contribution is 5.91. The summed E-state index contributed by atoms with van der Waals surface area (Å²) in [5, 5.41) is 14.0. The van der Waals surface area contributed by atoms with Crippen LogP contribution in [-0.4, -0.2) is 29.6 Å². The Morgan fingerprint density at radius 2 is 1.96 bits per heavy atom. The normalized spacial score (nSPS) is 13.5. The molecule has 0 saturated heterocycles. The molecule has 25 heavy (non-hydrogen) atoms. The summed E-state index contributed by atoms with van der Waals surface area (Å²) < 4.78 is 5.27. The fourth-order valence-corrected chi connectivity index (χ4v) is 2.84. The highest BCUT2D eigenvalue weighted by Crippen LogP contribution is 2.25. The summed E-state index contributed by atoms with van der Waals surface area (Å²) in [5.74, 6) is -0.377. The number of fused-ring (bicyclic) bond motifs is 1. The largest absolute Gasteiger partial charge is 0.497 e. The van der Waals surface area contributed by atoms with Crippen LogP contribution in [0.15, 0.2) is 36.4 Å². The Kier molecular flexibility index (Phi) is 5.67. The van der Waals surface area contributed by atoms with E-state index in [4.69, 9.17) is 9.84 Å². The lowest BCUT2D eigenvalue weighted by Gasteiger charge is -2.33. The lowest BCUT2D eigenvalue weighted by atomic mass is 9.85. The number of carboxylic acid groups (broad SMARTS) is 1. The highest BCUT2D eigenvalue weighted by atomic mass is 16.5. The molecule has 1 amide bonds. The number of benzene rings is 2. The third-order valence-corrected chi connectivity index (χ3v) is 4.75. The number of amides is 1. The van der Waals surface area contributed by atoms with Gasteiger partial charge in [0.05, 0.1) is 20.0 Å². The zero-order chi connectivity index (χ0) is 18.6. The number of carboxylic acids is 1. The van der Waals surface area contributed by atoms with Gasteiger partial charge >= 0.3 is 5.97 Å². The second-order valence-corrected chi connectivity index (χ2v) is 6.87. The first-order valence-corrected chi connectivity index (χ1v) is 8.33. The molecule has 2 rings (SSSR count). The quantitative estimate of drug-likeness (QED) is 0.808. The maximum Gasteiger partial charge on any atom is 0.305 e. The van der Waals surface area contributed by atoms with E-state index in [1.54, 1.807) is 14.0 Å². The minimum atomic E-state index is -0.925. The molecule has 0 saturated carbocycles. The van der Waals surface area contributed by atoms with E-state index in [0.29, 0.717) is 0 Å². The number of ether oxygens (including phenoxy) is 1. The van der Waals surface area contributed by atoms with E-state index in [-0.39, 0.29) is 24.7 Å². The Hall–Kier alpha value is -2.56. The first kappa shape index (κ1) is 18.8. The van der Waals surface area contributed by atoms with Crippen LogP contribution in [0.2, 0.25) is 0 Å². The molecule has 0 heterocycles. The van der Waals surface area contributed by atoms with Crippen LogP contribution in [0, 0.1) is 5.92 Å². The Bertz CT molecular complexity index is 784. The molecular formula is C20H25NO4. The van der Waals surface area contributed by atoms with Crippen molar-refractivity contribution in [2.24, 2.45) is 5.92 Å². The molecule has 1 unspecified atom stereocenters. The number of nitrogens with one attached hydrogen (secondary N) is 1. The summed E-state index contributed by atoms with van der Waals surface area (Å²) in [7, 11) is 1.61. The van der Waals surface area contributed by atoms with Gasteiger partial charge in [-0.25, -0.2) is 0 Å². The number of rotatable bonds is 7. The van der Waals surface area contributed by atoms with Gasteiger partial charge in [-0.3, -0.25) is 9.59 Å². The van der Waals surface area contributed by atoms with E-state index < -0.39 is 11.5 Å². The van der Waals surface area contributed by atoms with Crippen molar-refractivity contribution < 1.29 is 19.4 Å². The first-order valence-electron chi connectivity index (χ1n) is 8.33. The molecule has 2 aromatic rings. The number of aliphatic carboxylic acids is 1. The fourth-order valence-electron chi connectivity index (χ4n) is 2.84. The minimum Gasteiger partial charge on any atom is -0.497 e. The Balaban J connectivity index is 2.25. The third-order valence-electron chi connectivity index (χ3n) is 4.75. The van der Waals surface area contributed by atoms with E-state index in [0.717, 1.165) is 22.1 Å². The van der Waals surface area contributed by atoms with Crippen molar-refractivity contribution >= 4 is 22.6 Å². The van der Waals surface area contributed by atoms with Gasteiger partial charge in [0, 0.05) is 5.54 Å². The number of carbonyl (C=O) groups is 2. The van der Waals surface area contributed by atoms with E-state index in [1.165, 1.54) is 0 Å². The van der Waals surface area contributed by atoms with Crippen molar-refractivity contribution in [3.8, 4) is 5.75 Å². The van der Waals surface area contributed by atoms with Gasteiger partial charge in [0.15, 0.2) is 0 Å². The lowest BCUT2D eigenvalue weighted by molar-refractivity contribution is -0.139. The van der Waals surface area contributed by atoms with Crippen molar-refractivity contribution in [1.82, 2.24) is 5.32 Å². The van der Waals surface area contributed by atoms with Crippen LogP contribution in [0.25, 0.3) is 10.8 Å². The molecule has 0 fully saturated rings. The van der Waals surface area contributed by atoms with Crippen LogP contribution in [0.1, 0.15) is 32.8 Å². The van der Waals surface area contributed by atoms with Crippen molar-refractivity contribution in [2.45, 2.75) is 39.2 Å². The molecule has 134 valence electrons. The van der Waals surface area contributed by atoms with Crippen LogP contribution in [0.3, 0.4) is 0 Å². The monoisotopic (exact) mass is 343 g/mol. The third kappa shape index (κ3) is 4.50. The van der Waals surface area contributed by atoms with E-state index in [9.17, 15) is 9.59 Å². The average molecular weight is 343 g/mol. The van der Waals surface area contributed by atoms with E-state index in [1.807, 2.05) is 50.2 Å². The van der Waals surface area contributed by atoms with Crippen LogP contribution in [-0.2, 0) is 16.0 Å². The Morgan fingerprint density at radius 3 is 2.56 bits per heavy atom. The zero-order valence-electron chi connectivity index (χ0n) is 15.1. The second kappa shape index (κ2) is 7.55. The first-order chi connectivity index (χ1) is 11.7. The molecule has 0 aliphatic heterocycles. The summed E-state index contributed by atoms with van der Waals surface area (Å²) in [6.45, 7) is 5.59. The highest BCUT2D eigenvalue weighted by Gasteiger charge is 2.32. The average Bonchev–Trinajstić information content (AvgIpc) is 2.53. The zero-order valence-corrected chi connectivity index (χ0v) is 15.1. The van der Waals surface area contributed by atoms with Crippen molar-refractivity contribution in [3.05, 3.63) is 42.0 Å². The van der Waals surface area contributed by atoms with Gasteiger partial charge in [0.1, 0.15) is 5.75 Å². The number of hydrogen-bond acceptors (Lipinski definition) is 3. The maximum atomic E-state index is 12.6. The van der Waals surface area contributed by atoms with Crippen molar-refractivity contribution in [1.29, 1.82) is 0 Å². The smallest absolute Gasteiger partial charge is 0.305 e. The molecule has 0 bridgehead atoms. The van der Waals surface area contributed by atoms with Gasteiger partial charge in [-0.05, 0) is 41.3 Å². The molecule has 0 aromatic heterocycles. The van der Waals surface area contributed by atoms with Crippen LogP contribution < -0.4 is 10.1 Å². The topological polar surface area (TPSA) is 75.6 Å². The van der Waals surface area contributed by atoms with Gasteiger partial charge in [0.25, 0.3) is 0 Å². The second-order valence-electron chi connectivity index (χ2n) is 6.87. The van der Waals surface area contributed by atoms with Crippen LogP contribution in [0.4, 0.5) is 0 Å². The van der Waals surface area contributed by atoms with Crippen molar-refractivity contribution in [3.63, 3.8) is 0 Å². The summed E-state index contributed by atoms with van der Waals surface area (Å²) in [6.07, 6.45) is 0.0756. The number of hydrogen-bond donors (Lipinski definition) is 2. The molecule has 5 heteroatoms. The molecular weight excluding hydrogens is 318 g/mol. The molecule has 5 nitrogen and oxygen atoms in total. The minimum absolute atomic E-state index is 0.000150. The summed E-state index contributed by atoms with van der Waals surface area (Å²) in [5.41, 5.74) is 0.0980. The Labute approximate surface area is 148 Å². The standard InChI is InChI=1S/C20H25NO4/c1-13(2)20(3,12-19(23)24)21-18(22)10-15-7-5-6-14-8-9-16(25-4)11-17(14)15/h5-9,11,13H,10,12H2,1-4H3,(H,21,22)(H,23,24). The predicted molar refractivity (Wildman–Crippen MR) is 97.8 cm³/mol. The van der Waals surface area contributed by atoms with Gasteiger partial charge in [-0.1, -0.05) is 38.1 Å². The van der Waals surface area contributed by atoms with Gasteiger partial charge in [0.2, 0.25) is 5.91 Å². The molecule has 2 aromatic carbocycles. The molecule has 0 aliphatic rings. The summed E-state index contributed by atoms with van der Waals surface area (Å²) >= 11 is 0. The molecule has 2 N–H and O–H groups in total. The molecule has 0 spiro atoms.